The minimum atomic E-state index is -1.26. The van der Waals surface area contributed by atoms with Crippen LogP contribution in [0.15, 0.2) is 41.4 Å². The smallest absolute Gasteiger partial charge is 0.276 e. The summed E-state index contributed by atoms with van der Waals surface area (Å²) in [6.45, 7) is 3.66. The van der Waals surface area contributed by atoms with E-state index in [1.807, 2.05) is 18.4 Å². The summed E-state index contributed by atoms with van der Waals surface area (Å²) in [5.74, 6) is 0.541. The van der Waals surface area contributed by atoms with Gasteiger partial charge in [-0.05, 0) is 55.4 Å². The Morgan fingerprint density at radius 2 is 2.12 bits per heavy atom. The number of hydrogen-bond acceptors (Lipinski definition) is 4. The second-order valence-corrected chi connectivity index (χ2v) is 7.89. The number of fused-ring (bicyclic) bond motifs is 3. The average molecular weight is 387 g/mol. The van der Waals surface area contributed by atoms with E-state index in [0.29, 0.717) is 32.8 Å². The van der Waals surface area contributed by atoms with Crippen molar-refractivity contribution in [2.75, 3.05) is 5.32 Å². The number of imidazole rings is 1. The molecule has 6 nitrogen and oxygen atoms in total. The maximum Gasteiger partial charge on any atom is 0.276 e. The van der Waals surface area contributed by atoms with Crippen molar-refractivity contribution in [1.29, 1.82) is 0 Å². The maximum absolute atomic E-state index is 12.8. The average Bonchev–Trinajstić information content (AvgIpc) is 2.91. The molecule has 1 aliphatic rings. The van der Waals surface area contributed by atoms with Gasteiger partial charge in [-0.25, -0.2) is 4.98 Å². The van der Waals surface area contributed by atoms with Gasteiger partial charge in [-0.3, -0.25) is 14.3 Å². The van der Waals surface area contributed by atoms with Crippen molar-refractivity contribution < 1.29 is 9.35 Å². The third kappa shape index (κ3) is 2.88. The highest BCUT2D eigenvalue weighted by molar-refractivity contribution is 7.90. The highest BCUT2D eigenvalue weighted by Gasteiger charge is 2.33. The predicted octanol–water partition coefficient (Wildman–Crippen LogP) is 3.41. The Balaban J connectivity index is 1.77. The summed E-state index contributed by atoms with van der Waals surface area (Å²) >= 11 is 4.86. The van der Waals surface area contributed by atoms with E-state index in [-0.39, 0.29) is 17.4 Å². The minimum Gasteiger partial charge on any atom is -0.611 e. The molecule has 26 heavy (non-hydrogen) atoms. The summed E-state index contributed by atoms with van der Waals surface area (Å²) in [7, 11) is 0. The maximum atomic E-state index is 12.8. The summed E-state index contributed by atoms with van der Waals surface area (Å²) in [5, 5.41) is 3.37. The van der Waals surface area contributed by atoms with Crippen LogP contribution >= 0.6 is 11.6 Å². The molecule has 1 aromatic carbocycles. The molecule has 8 heteroatoms. The van der Waals surface area contributed by atoms with Gasteiger partial charge in [0, 0.05) is 22.6 Å². The second kappa shape index (κ2) is 6.42. The van der Waals surface area contributed by atoms with E-state index >= 15 is 0 Å². The van der Waals surface area contributed by atoms with E-state index in [1.54, 1.807) is 36.5 Å². The van der Waals surface area contributed by atoms with Gasteiger partial charge in [0.2, 0.25) is 0 Å². The lowest BCUT2D eigenvalue weighted by atomic mass is 10.2. The van der Waals surface area contributed by atoms with Crippen LogP contribution in [-0.4, -0.2) is 25.0 Å². The number of carbonyl (C=O) groups is 1. The number of anilines is 1. The van der Waals surface area contributed by atoms with Crippen LogP contribution in [-0.2, 0) is 16.9 Å². The standard InChI is InChI=1S/C18H15ClN4O2S/c1-10-7-13(5-6-20-10)22-18(24)17-15-9-26(25)16-4-3-12(19)8-14(16)23(15)11(2)21-17/h3-8H,9H2,1-2H3,(H,20,22,24). The van der Waals surface area contributed by atoms with Crippen LogP contribution in [0, 0.1) is 13.8 Å². The number of nitrogens with one attached hydrogen (secondary N) is 1. The van der Waals surface area contributed by atoms with Crippen molar-refractivity contribution in [3.63, 3.8) is 0 Å². The molecule has 3 aromatic rings. The fraction of sp³-hybridized carbons (Fsp3) is 0.167. The summed E-state index contributed by atoms with van der Waals surface area (Å²) in [6, 6.07) is 8.72. The zero-order chi connectivity index (χ0) is 18.4. The number of halogens is 1. The Morgan fingerprint density at radius 1 is 1.31 bits per heavy atom. The zero-order valence-electron chi connectivity index (χ0n) is 14.1. The molecule has 0 fully saturated rings. The third-order valence-electron chi connectivity index (χ3n) is 4.19. The largest absolute Gasteiger partial charge is 0.611 e. The number of aromatic nitrogens is 3. The Labute approximate surface area is 158 Å². The monoisotopic (exact) mass is 386 g/mol. The molecule has 1 unspecified atom stereocenters. The van der Waals surface area contributed by atoms with Gasteiger partial charge in [0.1, 0.15) is 17.2 Å². The molecule has 1 aliphatic heterocycles. The SMILES string of the molecule is Cc1cc(NC(=O)c2nc(C)n3c2C[S+]([O-])c2ccc(Cl)cc2-3)ccn1. The van der Waals surface area contributed by atoms with Gasteiger partial charge < -0.3 is 9.87 Å². The van der Waals surface area contributed by atoms with Crippen molar-refractivity contribution in [3.05, 3.63) is 64.5 Å². The van der Waals surface area contributed by atoms with E-state index < -0.39 is 11.2 Å². The lowest BCUT2D eigenvalue weighted by Gasteiger charge is -2.22. The van der Waals surface area contributed by atoms with E-state index in [4.69, 9.17) is 11.6 Å². The van der Waals surface area contributed by atoms with Crippen molar-refractivity contribution >= 4 is 34.4 Å². The molecular weight excluding hydrogens is 372 g/mol. The summed E-state index contributed by atoms with van der Waals surface area (Å²) in [4.78, 5) is 22.0. The van der Waals surface area contributed by atoms with Gasteiger partial charge in [-0.15, -0.1) is 0 Å². The molecule has 1 amide bonds. The molecular formula is C18H15ClN4O2S. The van der Waals surface area contributed by atoms with Gasteiger partial charge in [-0.1, -0.05) is 11.6 Å². The quantitative estimate of drug-likeness (QED) is 0.684. The molecule has 0 spiro atoms. The van der Waals surface area contributed by atoms with Crippen LogP contribution in [0.3, 0.4) is 0 Å². The van der Waals surface area contributed by atoms with Gasteiger partial charge in [-0.2, -0.15) is 0 Å². The number of nitrogens with zero attached hydrogens (tertiary/aromatic N) is 3. The van der Waals surface area contributed by atoms with E-state index in [9.17, 15) is 9.35 Å². The normalized spacial score (nSPS) is 15.3. The van der Waals surface area contributed by atoms with Crippen molar-refractivity contribution in [2.24, 2.45) is 0 Å². The second-order valence-electron chi connectivity index (χ2n) is 6.03. The predicted molar refractivity (Wildman–Crippen MR) is 100 cm³/mol. The Morgan fingerprint density at radius 3 is 2.88 bits per heavy atom. The summed E-state index contributed by atoms with van der Waals surface area (Å²) in [5.41, 5.74) is 3.05. The van der Waals surface area contributed by atoms with Crippen molar-refractivity contribution in [2.45, 2.75) is 24.5 Å². The molecule has 132 valence electrons. The van der Waals surface area contributed by atoms with Crippen LogP contribution in [0.5, 0.6) is 0 Å². The Kier molecular flexibility index (Phi) is 4.22. The van der Waals surface area contributed by atoms with E-state index in [2.05, 4.69) is 15.3 Å². The first-order valence-electron chi connectivity index (χ1n) is 7.94. The first-order valence-corrected chi connectivity index (χ1v) is 9.64. The van der Waals surface area contributed by atoms with Crippen LogP contribution in [0.25, 0.3) is 5.69 Å². The molecule has 1 atom stereocenters. The number of pyridine rings is 1. The fourth-order valence-corrected chi connectivity index (χ4v) is 4.52. The zero-order valence-corrected chi connectivity index (χ0v) is 15.7. The first-order chi connectivity index (χ1) is 12.4. The molecule has 0 saturated carbocycles. The van der Waals surface area contributed by atoms with Crippen molar-refractivity contribution in [3.8, 4) is 5.69 Å². The Hall–Kier alpha value is -2.35. The third-order valence-corrected chi connectivity index (χ3v) is 5.79. The number of aryl methyl sites for hydroxylation is 2. The summed E-state index contributed by atoms with van der Waals surface area (Å²) < 4.78 is 14.5. The summed E-state index contributed by atoms with van der Waals surface area (Å²) in [6.07, 6.45) is 1.63. The topological polar surface area (TPSA) is 82.9 Å². The Bertz CT molecular complexity index is 1030. The molecule has 0 aliphatic carbocycles. The van der Waals surface area contributed by atoms with E-state index in [1.165, 1.54) is 0 Å². The molecule has 0 bridgehead atoms. The molecule has 0 saturated heterocycles. The molecule has 2 aromatic heterocycles. The minimum absolute atomic E-state index is 0.230. The number of rotatable bonds is 2. The number of amides is 1. The van der Waals surface area contributed by atoms with Gasteiger partial charge in [0.15, 0.2) is 16.3 Å². The molecule has 1 N–H and O–H groups in total. The highest BCUT2D eigenvalue weighted by Crippen LogP contribution is 2.35. The van der Waals surface area contributed by atoms with Crippen LogP contribution in [0.1, 0.15) is 27.7 Å². The first kappa shape index (κ1) is 17.1. The number of benzene rings is 1. The molecule has 0 radical (unpaired) electrons. The molecule has 3 heterocycles. The van der Waals surface area contributed by atoms with Gasteiger partial charge in [0.05, 0.1) is 0 Å². The number of hydrogen-bond donors (Lipinski definition) is 1. The van der Waals surface area contributed by atoms with Crippen molar-refractivity contribution in [1.82, 2.24) is 14.5 Å². The van der Waals surface area contributed by atoms with Crippen LogP contribution < -0.4 is 5.32 Å². The van der Waals surface area contributed by atoms with Gasteiger partial charge >= 0.3 is 0 Å². The highest BCUT2D eigenvalue weighted by atomic mass is 35.5. The number of carbonyl (C=O) groups excluding carboxylic acids is 1. The lowest BCUT2D eigenvalue weighted by Crippen LogP contribution is -2.22. The van der Waals surface area contributed by atoms with Crippen LogP contribution in [0.4, 0.5) is 5.69 Å². The lowest BCUT2D eigenvalue weighted by molar-refractivity contribution is 0.102. The fourth-order valence-electron chi connectivity index (χ4n) is 3.09. The van der Waals surface area contributed by atoms with E-state index in [0.717, 1.165) is 5.69 Å². The van der Waals surface area contributed by atoms with Gasteiger partial charge in [0.25, 0.3) is 5.91 Å². The van der Waals surface area contributed by atoms with Crippen LogP contribution in [0.2, 0.25) is 5.02 Å². The molecule has 4 rings (SSSR count).